The van der Waals surface area contributed by atoms with E-state index in [4.69, 9.17) is 0 Å². The Morgan fingerprint density at radius 3 is 1.04 bits per heavy atom. The number of carbonyl (C=O) groups is 4. The number of Topliss-reactive ketones (excluding diaryl/α,β-unsaturated/α-hetero) is 2. The number of aliphatic carboxylic acids is 2. The van der Waals surface area contributed by atoms with Gasteiger partial charge in [0.25, 0.3) is 0 Å². The molecule has 0 saturated heterocycles. The molecule has 0 aromatic carbocycles. The van der Waals surface area contributed by atoms with Gasteiger partial charge >= 0.3 is 0 Å². The first-order chi connectivity index (χ1) is 13.2. The van der Waals surface area contributed by atoms with E-state index in [0.717, 1.165) is 51.4 Å². The Bertz CT molecular complexity index is 451. The van der Waals surface area contributed by atoms with E-state index < -0.39 is 24.8 Å². The van der Waals surface area contributed by atoms with Crippen molar-refractivity contribution in [1.29, 1.82) is 0 Å². The van der Waals surface area contributed by atoms with Gasteiger partial charge in [-0.3, -0.25) is 9.59 Å². The molecule has 0 N–H and O–H groups in total. The van der Waals surface area contributed by atoms with Gasteiger partial charge in [0.15, 0.2) is 11.6 Å². The summed E-state index contributed by atoms with van der Waals surface area (Å²) in [6.07, 6.45) is 11.0. The summed E-state index contributed by atoms with van der Waals surface area (Å²) in [4.78, 5) is 42.9. The molecule has 0 spiro atoms. The van der Waals surface area contributed by atoms with Crippen molar-refractivity contribution in [2.45, 2.75) is 99.5 Å². The lowest BCUT2D eigenvalue weighted by Gasteiger charge is -2.09. The summed E-state index contributed by atoms with van der Waals surface area (Å²) in [6.45, 7) is 0. The third kappa shape index (κ3) is 16.2. The maximum atomic E-state index is 11.5. The second-order valence-corrected chi connectivity index (χ2v) is 9.29. The molecule has 0 aliphatic carbocycles. The van der Waals surface area contributed by atoms with Crippen LogP contribution in [0.15, 0.2) is 0 Å². The summed E-state index contributed by atoms with van der Waals surface area (Å²) < 4.78 is 0. The molecule has 0 rings (SSSR count). The normalized spacial score (nSPS) is 13.1. The van der Waals surface area contributed by atoms with Crippen LogP contribution in [0.4, 0.5) is 0 Å². The van der Waals surface area contributed by atoms with Gasteiger partial charge in [-0.15, -0.1) is 0 Å². The van der Waals surface area contributed by atoms with Gasteiger partial charge < -0.3 is 19.8 Å². The van der Waals surface area contributed by atoms with Crippen LogP contribution in [0.5, 0.6) is 0 Å². The van der Waals surface area contributed by atoms with Crippen molar-refractivity contribution in [3.05, 3.63) is 0 Å². The summed E-state index contributed by atoms with van der Waals surface area (Å²) in [7, 11) is 0. The van der Waals surface area contributed by atoms with Gasteiger partial charge in [-0.2, -0.15) is 0 Å². The lowest BCUT2D eigenvalue weighted by molar-refractivity contribution is -0.306. The summed E-state index contributed by atoms with van der Waals surface area (Å²) >= 11 is 6.46. The van der Waals surface area contributed by atoms with E-state index in [1.54, 1.807) is 0 Å². The number of carboxylic acid groups (broad SMARTS) is 2. The van der Waals surface area contributed by atoms with Crippen LogP contribution in [0.2, 0.25) is 0 Å². The third-order valence-electron chi connectivity index (χ3n) is 4.50. The SMILES string of the molecule is O=C([O-])CC(=O)C(Br)CCCCCCCCCCCCC(Br)C(=O)CC(=O)[O-]. The number of ketones is 2. The van der Waals surface area contributed by atoms with E-state index in [2.05, 4.69) is 31.9 Å². The predicted octanol–water partition coefficient (Wildman–Crippen LogP) is 2.61. The first-order valence-electron chi connectivity index (χ1n) is 9.97. The number of unbranched alkanes of at least 4 members (excludes halogenated alkanes) is 9. The monoisotopic (exact) mass is 524 g/mol. The first kappa shape index (κ1) is 27.2. The molecule has 162 valence electrons. The zero-order chi connectivity index (χ0) is 21.4. The van der Waals surface area contributed by atoms with Gasteiger partial charge in [-0.05, 0) is 12.8 Å². The number of carbonyl (C=O) groups excluding carboxylic acids is 4. The van der Waals surface area contributed by atoms with Crippen molar-refractivity contribution in [2.75, 3.05) is 0 Å². The van der Waals surface area contributed by atoms with Crippen LogP contribution >= 0.6 is 31.9 Å². The van der Waals surface area contributed by atoms with Crippen LogP contribution in [0.1, 0.15) is 89.9 Å². The van der Waals surface area contributed by atoms with Crippen LogP contribution in [0, 0.1) is 0 Å². The predicted molar refractivity (Wildman–Crippen MR) is 110 cm³/mol. The van der Waals surface area contributed by atoms with Crippen LogP contribution in [0.25, 0.3) is 0 Å². The fourth-order valence-electron chi connectivity index (χ4n) is 2.89. The molecule has 28 heavy (non-hydrogen) atoms. The summed E-state index contributed by atoms with van der Waals surface area (Å²) in [5.41, 5.74) is 0. The highest BCUT2D eigenvalue weighted by Gasteiger charge is 2.15. The van der Waals surface area contributed by atoms with Crippen molar-refractivity contribution in [3.63, 3.8) is 0 Å². The summed E-state index contributed by atoms with van der Waals surface area (Å²) in [5.74, 6) is -3.31. The Hall–Kier alpha value is -0.760. The van der Waals surface area contributed by atoms with Crippen molar-refractivity contribution >= 4 is 55.4 Å². The van der Waals surface area contributed by atoms with Crippen molar-refractivity contribution < 1.29 is 29.4 Å². The molecule has 0 fully saturated rings. The Kier molecular flexibility index (Phi) is 16.7. The molecule has 8 heteroatoms. The minimum atomic E-state index is -1.33. The smallest absolute Gasteiger partial charge is 0.152 e. The van der Waals surface area contributed by atoms with E-state index in [9.17, 15) is 29.4 Å². The molecule has 0 saturated carbocycles. The minimum absolute atomic E-state index is 0.325. The molecule has 2 unspecified atom stereocenters. The van der Waals surface area contributed by atoms with E-state index in [0.29, 0.717) is 12.8 Å². The number of carboxylic acids is 2. The fourth-order valence-corrected chi connectivity index (χ4v) is 3.86. The Balaban J connectivity index is 3.42. The number of halogens is 2. The Morgan fingerprint density at radius 2 is 0.786 bits per heavy atom. The number of rotatable bonds is 19. The van der Waals surface area contributed by atoms with Gasteiger partial charge in [0.2, 0.25) is 0 Å². The molecule has 0 aromatic heterocycles. The first-order valence-corrected chi connectivity index (χ1v) is 11.8. The Morgan fingerprint density at radius 1 is 0.536 bits per heavy atom. The van der Waals surface area contributed by atoms with E-state index >= 15 is 0 Å². The zero-order valence-corrected chi connectivity index (χ0v) is 19.4. The Labute approximate surface area is 184 Å². The van der Waals surface area contributed by atoms with E-state index in [-0.39, 0.29) is 21.2 Å². The molecule has 0 heterocycles. The second kappa shape index (κ2) is 17.1. The minimum Gasteiger partial charge on any atom is -0.550 e. The van der Waals surface area contributed by atoms with Gasteiger partial charge in [0, 0.05) is 24.8 Å². The van der Waals surface area contributed by atoms with Crippen molar-refractivity contribution in [2.24, 2.45) is 0 Å². The van der Waals surface area contributed by atoms with Gasteiger partial charge in [-0.25, -0.2) is 0 Å². The van der Waals surface area contributed by atoms with Crippen LogP contribution in [0.3, 0.4) is 0 Å². The standard InChI is InChI=1S/C20H32Br2O6/c21-15(17(23)13-19(25)26)11-9-7-5-3-1-2-4-6-8-10-12-16(22)18(24)14-20(27)28/h15-16H,1-14H2,(H,25,26)(H,27,28)/p-2. The third-order valence-corrected chi connectivity index (χ3v) is 6.44. The molecule has 0 aromatic rings. The van der Waals surface area contributed by atoms with Crippen molar-refractivity contribution in [3.8, 4) is 0 Å². The van der Waals surface area contributed by atoms with Crippen molar-refractivity contribution in [1.82, 2.24) is 0 Å². The fraction of sp³-hybridized carbons (Fsp3) is 0.800. The molecular formula is C20H30Br2O6-2. The lowest BCUT2D eigenvalue weighted by atomic mass is 10.0. The average molecular weight is 526 g/mol. The van der Waals surface area contributed by atoms with Crippen LogP contribution in [-0.4, -0.2) is 33.2 Å². The van der Waals surface area contributed by atoms with Gasteiger partial charge in [-0.1, -0.05) is 96.1 Å². The van der Waals surface area contributed by atoms with Gasteiger partial charge in [0.1, 0.15) is 0 Å². The largest absolute Gasteiger partial charge is 0.550 e. The zero-order valence-electron chi connectivity index (χ0n) is 16.3. The highest BCUT2D eigenvalue weighted by molar-refractivity contribution is 9.10. The molecule has 2 atom stereocenters. The molecule has 0 aliphatic rings. The topological polar surface area (TPSA) is 114 Å². The van der Waals surface area contributed by atoms with E-state index in [1.807, 2.05) is 0 Å². The molecule has 6 nitrogen and oxygen atoms in total. The number of hydrogen-bond acceptors (Lipinski definition) is 6. The maximum absolute atomic E-state index is 11.5. The summed E-state index contributed by atoms with van der Waals surface area (Å²) in [5, 5.41) is 20.8. The number of alkyl halides is 2. The lowest BCUT2D eigenvalue weighted by Crippen LogP contribution is -2.28. The van der Waals surface area contributed by atoms with Crippen LogP contribution < -0.4 is 10.2 Å². The molecule has 0 radical (unpaired) electrons. The second-order valence-electron chi connectivity index (χ2n) is 7.08. The van der Waals surface area contributed by atoms with Gasteiger partial charge in [0.05, 0.1) is 9.65 Å². The molecule has 0 aliphatic heterocycles. The molecule has 0 amide bonds. The molecular weight excluding hydrogens is 496 g/mol. The molecule has 0 bridgehead atoms. The van der Waals surface area contributed by atoms with Crippen LogP contribution in [-0.2, 0) is 19.2 Å². The maximum Gasteiger partial charge on any atom is 0.152 e. The number of hydrogen-bond donors (Lipinski definition) is 0. The summed E-state index contributed by atoms with van der Waals surface area (Å²) in [6, 6.07) is 0. The highest BCUT2D eigenvalue weighted by atomic mass is 79.9. The van der Waals surface area contributed by atoms with E-state index in [1.165, 1.54) is 12.8 Å². The highest BCUT2D eigenvalue weighted by Crippen LogP contribution is 2.17. The quantitative estimate of drug-likeness (QED) is 0.145. The average Bonchev–Trinajstić information content (AvgIpc) is 2.60.